The van der Waals surface area contributed by atoms with Crippen molar-refractivity contribution in [3.63, 3.8) is 0 Å². The van der Waals surface area contributed by atoms with Crippen molar-refractivity contribution in [1.82, 2.24) is 9.78 Å². The standard InChI is InChI=1S/C14H16N2O2/c1-2-16-12-6-4-3-5-10(12)11(15-16)9-14(7-8-14)13(17)18/h3-6H,2,7-9H2,1H3,(H,17,18). The number of benzene rings is 1. The van der Waals surface area contributed by atoms with Crippen LogP contribution in [0.3, 0.4) is 0 Å². The Kier molecular flexibility index (Phi) is 2.40. The summed E-state index contributed by atoms with van der Waals surface area (Å²) in [4.78, 5) is 11.3. The van der Waals surface area contributed by atoms with Crippen molar-refractivity contribution in [2.45, 2.75) is 32.7 Å². The van der Waals surface area contributed by atoms with Gasteiger partial charge in [-0.2, -0.15) is 5.10 Å². The average Bonchev–Trinajstić information content (AvgIpc) is 3.07. The number of nitrogens with zero attached hydrogens (tertiary/aromatic N) is 2. The van der Waals surface area contributed by atoms with E-state index in [0.717, 1.165) is 36.0 Å². The molecule has 0 radical (unpaired) electrons. The first-order valence-corrected chi connectivity index (χ1v) is 6.34. The number of hydrogen-bond donors (Lipinski definition) is 1. The number of rotatable bonds is 4. The lowest BCUT2D eigenvalue weighted by atomic mass is 9.99. The largest absolute Gasteiger partial charge is 0.481 e. The van der Waals surface area contributed by atoms with Gasteiger partial charge in [0.05, 0.1) is 16.6 Å². The maximum Gasteiger partial charge on any atom is 0.310 e. The van der Waals surface area contributed by atoms with E-state index in [-0.39, 0.29) is 0 Å². The summed E-state index contributed by atoms with van der Waals surface area (Å²) in [6.45, 7) is 2.86. The first kappa shape index (κ1) is 11.3. The van der Waals surface area contributed by atoms with E-state index in [1.807, 2.05) is 35.9 Å². The van der Waals surface area contributed by atoms with Gasteiger partial charge in [-0.1, -0.05) is 18.2 Å². The molecule has 3 rings (SSSR count). The third-order valence-corrected chi connectivity index (χ3v) is 3.85. The molecule has 0 atom stereocenters. The Bertz CT molecular complexity index is 611. The summed E-state index contributed by atoms with van der Waals surface area (Å²) >= 11 is 0. The Hall–Kier alpha value is -1.84. The predicted molar refractivity (Wildman–Crippen MR) is 68.4 cm³/mol. The van der Waals surface area contributed by atoms with Gasteiger partial charge in [-0.25, -0.2) is 0 Å². The Morgan fingerprint density at radius 3 is 2.78 bits per heavy atom. The summed E-state index contributed by atoms with van der Waals surface area (Å²) in [5, 5.41) is 14.9. The van der Waals surface area contributed by atoms with Crippen molar-refractivity contribution in [3.05, 3.63) is 30.0 Å². The molecule has 1 aliphatic rings. The molecule has 1 N–H and O–H groups in total. The number of carbonyl (C=O) groups is 1. The van der Waals surface area contributed by atoms with Gasteiger partial charge in [0.15, 0.2) is 0 Å². The topological polar surface area (TPSA) is 55.1 Å². The minimum absolute atomic E-state index is 0.546. The first-order chi connectivity index (χ1) is 8.66. The Morgan fingerprint density at radius 2 is 2.17 bits per heavy atom. The molecule has 0 saturated heterocycles. The molecule has 18 heavy (non-hydrogen) atoms. The maximum atomic E-state index is 11.3. The van der Waals surface area contributed by atoms with Gasteiger partial charge >= 0.3 is 5.97 Å². The molecule has 4 heteroatoms. The number of aliphatic carboxylic acids is 1. The van der Waals surface area contributed by atoms with E-state index in [4.69, 9.17) is 0 Å². The summed E-state index contributed by atoms with van der Waals surface area (Å²) in [5.74, 6) is -0.683. The van der Waals surface area contributed by atoms with Gasteiger partial charge in [-0.3, -0.25) is 9.48 Å². The lowest BCUT2D eigenvalue weighted by Crippen LogP contribution is -2.18. The van der Waals surface area contributed by atoms with E-state index < -0.39 is 11.4 Å². The smallest absolute Gasteiger partial charge is 0.310 e. The fourth-order valence-corrected chi connectivity index (χ4v) is 2.51. The van der Waals surface area contributed by atoms with Gasteiger partial charge in [0.1, 0.15) is 0 Å². The van der Waals surface area contributed by atoms with Gasteiger partial charge in [0, 0.05) is 18.4 Å². The van der Waals surface area contributed by atoms with Crippen LogP contribution in [0, 0.1) is 5.41 Å². The normalized spacial score (nSPS) is 16.9. The highest BCUT2D eigenvalue weighted by molar-refractivity contribution is 5.84. The molecule has 0 spiro atoms. The summed E-state index contributed by atoms with van der Waals surface area (Å²) < 4.78 is 1.95. The van der Waals surface area contributed by atoms with Crippen LogP contribution in [0.1, 0.15) is 25.5 Å². The van der Waals surface area contributed by atoms with E-state index in [9.17, 15) is 9.90 Å². The Morgan fingerprint density at radius 1 is 1.44 bits per heavy atom. The molecule has 94 valence electrons. The van der Waals surface area contributed by atoms with Crippen LogP contribution < -0.4 is 0 Å². The minimum Gasteiger partial charge on any atom is -0.481 e. The van der Waals surface area contributed by atoms with E-state index in [1.165, 1.54) is 0 Å². The van der Waals surface area contributed by atoms with Crippen LogP contribution in [0.2, 0.25) is 0 Å². The highest BCUT2D eigenvalue weighted by Crippen LogP contribution is 2.49. The molecule has 1 saturated carbocycles. The summed E-state index contributed by atoms with van der Waals surface area (Å²) in [5.41, 5.74) is 1.47. The second-order valence-electron chi connectivity index (χ2n) is 5.04. The summed E-state index contributed by atoms with van der Waals surface area (Å²) in [7, 11) is 0. The minimum atomic E-state index is -0.683. The van der Waals surface area contributed by atoms with Gasteiger partial charge in [0.2, 0.25) is 0 Å². The number of aromatic nitrogens is 2. The molecule has 1 aromatic carbocycles. The molecule has 4 nitrogen and oxygen atoms in total. The van der Waals surface area contributed by atoms with E-state index in [0.29, 0.717) is 6.42 Å². The predicted octanol–water partition coefficient (Wildman–Crippen LogP) is 2.46. The van der Waals surface area contributed by atoms with Crippen molar-refractivity contribution < 1.29 is 9.90 Å². The maximum absolute atomic E-state index is 11.3. The molecule has 1 aromatic heterocycles. The fourth-order valence-electron chi connectivity index (χ4n) is 2.51. The van der Waals surface area contributed by atoms with E-state index in [2.05, 4.69) is 5.10 Å². The van der Waals surface area contributed by atoms with Crippen molar-refractivity contribution in [2.24, 2.45) is 5.41 Å². The number of carboxylic acids is 1. The molecular formula is C14H16N2O2. The van der Waals surface area contributed by atoms with Crippen LogP contribution >= 0.6 is 0 Å². The van der Waals surface area contributed by atoms with Crippen LogP contribution in [0.4, 0.5) is 0 Å². The molecule has 1 aliphatic carbocycles. The molecule has 0 amide bonds. The molecular weight excluding hydrogens is 228 g/mol. The SMILES string of the molecule is CCn1nc(CC2(C(=O)O)CC2)c2ccccc21. The van der Waals surface area contributed by atoms with Gasteiger partial charge in [0.25, 0.3) is 0 Å². The number of aryl methyl sites for hydroxylation is 1. The highest BCUT2D eigenvalue weighted by atomic mass is 16.4. The quantitative estimate of drug-likeness (QED) is 0.898. The monoisotopic (exact) mass is 244 g/mol. The molecule has 0 aliphatic heterocycles. The lowest BCUT2D eigenvalue weighted by Gasteiger charge is -2.06. The zero-order chi connectivity index (χ0) is 12.8. The van der Waals surface area contributed by atoms with Crippen LogP contribution in [-0.2, 0) is 17.8 Å². The van der Waals surface area contributed by atoms with Crippen molar-refractivity contribution in [2.75, 3.05) is 0 Å². The third-order valence-electron chi connectivity index (χ3n) is 3.85. The second-order valence-corrected chi connectivity index (χ2v) is 5.04. The van der Waals surface area contributed by atoms with Crippen LogP contribution in [-0.4, -0.2) is 20.9 Å². The van der Waals surface area contributed by atoms with E-state index >= 15 is 0 Å². The summed E-state index contributed by atoms with van der Waals surface area (Å²) in [6.07, 6.45) is 2.10. The lowest BCUT2D eigenvalue weighted by molar-refractivity contribution is -0.143. The van der Waals surface area contributed by atoms with E-state index in [1.54, 1.807) is 0 Å². The van der Waals surface area contributed by atoms with Crippen molar-refractivity contribution in [1.29, 1.82) is 0 Å². The zero-order valence-electron chi connectivity index (χ0n) is 10.4. The zero-order valence-corrected chi connectivity index (χ0v) is 10.4. The molecule has 2 aromatic rings. The number of carboxylic acid groups (broad SMARTS) is 1. The Balaban J connectivity index is 2.05. The average molecular weight is 244 g/mol. The Labute approximate surface area is 105 Å². The van der Waals surface area contributed by atoms with Crippen LogP contribution in [0.25, 0.3) is 10.9 Å². The van der Waals surface area contributed by atoms with Crippen LogP contribution in [0.15, 0.2) is 24.3 Å². The van der Waals surface area contributed by atoms with Crippen molar-refractivity contribution in [3.8, 4) is 0 Å². The molecule has 1 fully saturated rings. The van der Waals surface area contributed by atoms with Crippen molar-refractivity contribution >= 4 is 16.9 Å². The first-order valence-electron chi connectivity index (χ1n) is 6.34. The second kappa shape index (κ2) is 3.83. The summed E-state index contributed by atoms with van der Waals surface area (Å²) in [6, 6.07) is 8.04. The van der Waals surface area contributed by atoms with Gasteiger partial charge < -0.3 is 5.11 Å². The number of fused-ring (bicyclic) bond motifs is 1. The highest BCUT2D eigenvalue weighted by Gasteiger charge is 2.50. The molecule has 0 unspecified atom stereocenters. The van der Waals surface area contributed by atoms with Gasteiger partial charge in [-0.05, 0) is 25.8 Å². The van der Waals surface area contributed by atoms with Gasteiger partial charge in [-0.15, -0.1) is 0 Å². The number of para-hydroxylation sites is 1. The van der Waals surface area contributed by atoms with Crippen LogP contribution in [0.5, 0.6) is 0 Å². The molecule has 1 heterocycles. The number of hydrogen-bond acceptors (Lipinski definition) is 2. The molecule has 0 bridgehead atoms. The fraction of sp³-hybridized carbons (Fsp3) is 0.429. The third kappa shape index (κ3) is 1.60.